The van der Waals surface area contributed by atoms with Crippen molar-refractivity contribution in [1.82, 2.24) is 10.0 Å². The molecule has 0 aliphatic heterocycles. The molecule has 2 aromatic rings. The van der Waals surface area contributed by atoms with Crippen LogP contribution >= 0.6 is 11.6 Å². The molecule has 0 aliphatic rings. The second-order valence-corrected chi connectivity index (χ2v) is 7.40. The summed E-state index contributed by atoms with van der Waals surface area (Å²) in [6.07, 6.45) is 0. The van der Waals surface area contributed by atoms with E-state index in [2.05, 4.69) is 10.0 Å². The van der Waals surface area contributed by atoms with Crippen molar-refractivity contribution >= 4 is 27.5 Å². The van der Waals surface area contributed by atoms with Crippen LogP contribution in [-0.4, -0.2) is 33.5 Å². The van der Waals surface area contributed by atoms with Crippen LogP contribution < -0.4 is 14.8 Å². The van der Waals surface area contributed by atoms with Crippen molar-refractivity contribution in [2.24, 2.45) is 0 Å². The number of halogens is 1. The fourth-order valence-electron chi connectivity index (χ4n) is 2.00. The molecule has 1 amide bonds. The largest absolute Gasteiger partial charge is 0.492 e. The second-order valence-electron chi connectivity index (χ2n) is 5.25. The lowest BCUT2D eigenvalue weighted by Crippen LogP contribution is -2.45. The van der Waals surface area contributed by atoms with E-state index in [0.717, 1.165) is 0 Å². The zero-order valence-electron chi connectivity index (χ0n) is 13.6. The number of amides is 1. The highest BCUT2D eigenvalue weighted by molar-refractivity contribution is 7.89. The smallest absolute Gasteiger partial charge is 0.241 e. The molecule has 2 aromatic carbocycles. The SMILES string of the molecule is C[C@H](NS(=O)(=O)c1cccc(Cl)c1)C(=O)NCCOc1ccccc1. The maximum atomic E-state index is 12.2. The summed E-state index contributed by atoms with van der Waals surface area (Å²) in [5, 5.41) is 2.92. The van der Waals surface area contributed by atoms with E-state index in [1.165, 1.54) is 25.1 Å². The van der Waals surface area contributed by atoms with Gasteiger partial charge in [0.15, 0.2) is 0 Å². The summed E-state index contributed by atoms with van der Waals surface area (Å²) >= 11 is 5.80. The minimum Gasteiger partial charge on any atom is -0.492 e. The van der Waals surface area contributed by atoms with Crippen LogP contribution in [-0.2, 0) is 14.8 Å². The summed E-state index contributed by atoms with van der Waals surface area (Å²) in [4.78, 5) is 12.0. The first-order valence-electron chi connectivity index (χ1n) is 7.62. The predicted molar refractivity (Wildman–Crippen MR) is 96.2 cm³/mol. The van der Waals surface area contributed by atoms with Gasteiger partial charge in [0.05, 0.1) is 17.5 Å². The first-order chi connectivity index (χ1) is 11.9. The number of rotatable bonds is 8. The number of para-hydroxylation sites is 1. The zero-order chi connectivity index (χ0) is 18.3. The van der Waals surface area contributed by atoms with Gasteiger partial charge >= 0.3 is 0 Å². The molecule has 6 nitrogen and oxygen atoms in total. The molecular formula is C17H19ClN2O4S. The number of carbonyl (C=O) groups is 1. The van der Waals surface area contributed by atoms with E-state index in [1.807, 2.05) is 30.3 Å². The van der Waals surface area contributed by atoms with Gasteiger partial charge in [-0.3, -0.25) is 4.79 Å². The zero-order valence-corrected chi connectivity index (χ0v) is 15.2. The number of ether oxygens (including phenoxy) is 1. The fourth-order valence-corrected chi connectivity index (χ4v) is 3.50. The predicted octanol–water partition coefficient (Wildman–Crippen LogP) is 2.20. The minimum atomic E-state index is -3.83. The van der Waals surface area contributed by atoms with E-state index in [-0.39, 0.29) is 18.0 Å². The number of carbonyl (C=O) groups excluding carboxylic acids is 1. The van der Waals surface area contributed by atoms with Crippen LogP contribution in [0.15, 0.2) is 59.5 Å². The molecule has 8 heteroatoms. The van der Waals surface area contributed by atoms with Gasteiger partial charge in [0.1, 0.15) is 12.4 Å². The van der Waals surface area contributed by atoms with Crippen molar-refractivity contribution < 1.29 is 17.9 Å². The van der Waals surface area contributed by atoms with Crippen LogP contribution in [0.4, 0.5) is 0 Å². The Bertz CT molecular complexity index is 812. The van der Waals surface area contributed by atoms with Gasteiger partial charge < -0.3 is 10.1 Å². The summed E-state index contributed by atoms with van der Waals surface area (Å²) < 4.78 is 32.2. The minimum absolute atomic E-state index is 0.00654. The third-order valence-corrected chi connectivity index (χ3v) is 5.02. The van der Waals surface area contributed by atoms with Gasteiger partial charge in [0.2, 0.25) is 15.9 Å². The number of hydrogen-bond donors (Lipinski definition) is 2. The van der Waals surface area contributed by atoms with Gasteiger partial charge in [-0.1, -0.05) is 35.9 Å². The molecule has 0 aromatic heterocycles. The van der Waals surface area contributed by atoms with Crippen molar-refractivity contribution in [3.05, 3.63) is 59.6 Å². The summed E-state index contributed by atoms with van der Waals surface area (Å²) in [6.45, 7) is 2.01. The quantitative estimate of drug-likeness (QED) is 0.685. The number of nitrogens with one attached hydrogen (secondary N) is 2. The van der Waals surface area contributed by atoms with Crippen molar-refractivity contribution in [3.63, 3.8) is 0 Å². The molecule has 0 unspecified atom stereocenters. The number of sulfonamides is 1. The van der Waals surface area contributed by atoms with E-state index in [1.54, 1.807) is 6.07 Å². The normalized spacial score (nSPS) is 12.4. The van der Waals surface area contributed by atoms with Crippen molar-refractivity contribution in [1.29, 1.82) is 0 Å². The molecule has 0 saturated carbocycles. The van der Waals surface area contributed by atoms with E-state index >= 15 is 0 Å². The standard InChI is InChI=1S/C17H19ClN2O4S/c1-13(20-25(22,23)16-9-5-6-14(18)12-16)17(21)19-10-11-24-15-7-3-2-4-8-15/h2-9,12-13,20H,10-11H2,1H3,(H,19,21)/t13-/m0/s1. The van der Waals surface area contributed by atoms with E-state index in [9.17, 15) is 13.2 Å². The molecule has 0 spiro atoms. The molecule has 0 aliphatic carbocycles. The highest BCUT2D eigenvalue weighted by Crippen LogP contribution is 2.15. The van der Waals surface area contributed by atoms with E-state index < -0.39 is 22.0 Å². The Kier molecular flexibility index (Phi) is 6.81. The van der Waals surface area contributed by atoms with Gasteiger partial charge in [-0.2, -0.15) is 4.72 Å². The highest BCUT2D eigenvalue weighted by Gasteiger charge is 2.21. The molecule has 2 rings (SSSR count). The maximum Gasteiger partial charge on any atom is 0.241 e. The average molecular weight is 383 g/mol. The molecule has 25 heavy (non-hydrogen) atoms. The maximum absolute atomic E-state index is 12.2. The van der Waals surface area contributed by atoms with Gasteiger partial charge in [-0.25, -0.2) is 8.42 Å². The monoisotopic (exact) mass is 382 g/mol. The van der Waals surface area contributed by atoms with Crippen LogP contribution in [0.2, 0.25) is 5.02 Å². The Hall–Kier alpha value is -2.09. The Balaban J connectivity index is 1.81. The third-order valence-electron chi connectivity index (χ3n) is 3.24. The van der Waals surface area contributed by atoms with Crippen LogP contribution in [0.1, 0.15) is 6.92 Å². The second kappa shape index (κ2) is 8.84. The average Bonchev–Trinajstić information content (AvgIpc) is 2.59. The van der Waals surface area contributed by atoms with Crippen LogP contribution in [0.25, 0.3) is 0 Å². The van der Waals surface area contributed by atoms with Crippen LogP contribution in [0.3, 0.4) is 0 Å². The Morgan fingerprint density at radius 2 is 1.88 bits per heavy atom. The molecule has 2 N–H and O–H groups in total. The summed E-state index contributed by atoms with van der Waals surface area (Å²) in [5.41, 5.74) is 0. The van der Waals surface area contributed by atoms with Gasteiger partial charge in [0, 0.05) is 5.02 Å². The Morgan fingerprint density at radius 1 is 1.16 bits per heavy atom. The summed E-state index contributed by atoms with van der Waals surface area (Å²) in [7, 11) is -3.83. The summed E-state index contributed by atoms with van der Waals surface area (Å²) in [6, 6.07) is 14.1. The van der Waals surface area contributed by atoms with E-state index in [0.29, 0.717) is 10.8 Å². The molecule has 0 radical (unpaired) electrons. The van der Waals surface area contributed by atoms with Crippen molar-refractivity contribution in [3.8, 4) is 5.75 Å². The third kappa shape index (κ3) is 6.04. The molecule has 0 heterocycles. The van der Waals surface area contributed by atoms with Gasteiger partial charge in [-0.15, -0.1) is 0 Å². The summed E-state index contributed by atoms with van der Waals surface area (Å²) in [5.74, 6) is 0.258. The lowest BCUT2D eigenvalue weighted by Gasteiger charge is -2.15. The molecule has 134 valence electrons. The number of benzene rings is 2. The van der Waals surface area contributed by atoms with Gasteiger partial charge in [0.25, 0.3) is 0 Å². The Labute approximate surface area is 152 Å². The first kappa shape index (κ1) is 19.2. The molecule has 0 saturated heterocycles. The van der Waals surface area contributed by atoms with Gasteiger partial charge in [-0.05, 0) is 37.3 Å². The lowest BCUT2D eigenvalue weighted by atomic mass is 10.3. The topological polar surface area (TPSA) is 84.5 Å². The van der Waals surface area contributed by atoms with Crippen molar-refractivity contribution in [2.75, 3.05) is 13.2 Å². The van der Waals surface area contributed by atoms with Crippen LogP contribution in [0, 0.1) is 0 Å². The van der Waals surface area contributed by atoms with Crippen LogP contribution in [0.5, 0.6) is 5.75 Å². The fraction of sp³-hybridized carbons (Fsp3) is 0.235. The highest BCUT2D eigenvalue weighted by atomic mass is 35.5. The molecular weight excluding hydrogens is 364 g/mol. The molecule has 0 bridgehead atoms. The Morgan fingerprint density at radius 3 is 2.56 bits per heavy atom. The number of hydrogen-bond acceptors (Lipinski definition) is 4. The first-order valence-corrected chi connectivity index (χ1v) is 9.48. The molecule has 0 fully saturated rings. The lowest BCUT2D eigenvalue weighted by molar-refractivity contribution is -0.122. The van der Waals surface area contributed by atoms with E-state index in [4.69, 9.17) is 16.3 Å². The van der Waals surface area contributed by atoms with Crippen molar-refractivity contribution in [2.45, 2.75) is 17.9 Å². The molecule has 1 atom stereocenters.